The molecule has 0 heterocycles. The van der Waals surface area contributed by atoms with Crippen molar-refractivity contribution >= 4 is 5.97 Å². The van der Waals surface area contributed by atoms with Crippen LogP contribution in [0, 0.1) is 0 Å². The molecular formula is C15H13NO2. The van der Waals surface area contributed by atoms with E-state index in [0.29, 0.717) is 0 Å². The Morgan fingerprint density at radius 2 is 1.44 bits per heavy atom. The normalized spacial score (nSPS) is 14.9. The number of carboxylic acids is 1. The highest BCUT2D eigenvalue weighted by molar-refractivity contribution is 5.84. The van der Waals surface area contributed by atoms with E-state index in [2.05, 4.69) is 0 Å². The summed E-state index contributed by atoms with van der Waals surface area (Å²) in [5, 5.41) is 9.17. The zero-order valence-electron chi connectivity index (χ0n) is 9.71. The molecule has 2 aromatic rings. The number of rotatable bonds is 2. The summed E-state index contributed by atoms with van der Waals surface area (Å²) < 4.78 is 0. The maximum Gasteiger partial charge on any atom is 0.321 e. The van der Waals surface area contributed by atoms with Gasteiger partial charge in [-0.1, -0.05) is 48.5 Å². The Bertz CT molecular complexity index is 576. The third-order valence-electron chi connectivity index (χ3n) is 3.53. The zero-order chi connectivity index (χ0) is 12.7. The van der Waals surface area contributed by atoms with E-state index >= 15 is 0 Å². The molecule has 90 valence electrons. The molecule has 0 spiro atoms. The molecule has 2 aromatic carbocycles. The second-order valence-electron chi connectivity index (χ2n) is 4.52. The monoisotopic (exact) mass is 239 g/mol. The first-order chi connectivity index (χ1) is 8.70. The van der Waals surface area contributed by atoms with Crippen LogP contribution in [-0.4, -0.2) is 17.1 Å². The molecule has 0 amide bonds. The van der Waals surface area contributed by atoms with E-state index in [4.69, 9.17) is 10.8 Å². The second kappa shape index (κ2) is 3.96. The number of benzene rings is 2. The van der Waals surface area contributed by atoms with E-state index in [-0.39, 0.29) is 5.92 Å². The van der Waals surface area contributed by atoms with Crippen molar-refractivity contribution in [3.05, 3.63) is 59.7 Å². The first-order valence-electron chi connectivity index (χ1n) is 5.87. The fraction of sp³-hybridized carbons (Fsp3) is 0.133. The summed E-state index contributed by atoms with van der Waals surface area (Å²) in [4.78, 5) is 11.2. The van der Waals surface area contributed by atoms with Gasteiger partial charge < -0.3 is 10.8 Å². The van der Waals surface area contributed by atoms with Crippen LogP contribution in [0.5, 0.6) is 0 Å². The number of aliphatic carboxylic acids is 1. The predicted octanol–water partition coefficient (Wildman–Crippen LogP) is 2.21. The van der Waals surface area contributed by atoms with Gasteiger partial charge in [-0.15, -0.1) is 0 Å². The Balaban J connectivity index is 2.24. The molecule has 0 radical (unpaired) electrons. The molecule has 0 saturated heterocycles. The average molecular weight is 239 g/mol. The molecule has 0 bridgehead atoms. The molecule has 3 heteroatoms. The maximum absolute atomic E-state index is 11.2. The van der Waals surface area contributed by atoms with Crippen molar-refractivity contribution in [2.45, 2.75) is 12.0 Å². The molecule has 1 unspecified atom stereocenters. The van der Waals surface area contributed by atoms with Gasteiger partial charge in [-0.25, -0.2) is 0 Å². The van der Waals surface area contributed by atoms with Crippen LogP contribution in [0.15, 0.2) is 48.5 Å². The summed E-state index contributed by atoms with van der Waals surface area (Å²) in [7, 11) is 0. The zero-order valence-corrected chi connectivity index (χ0v) is 9.71. The van der Waals surface area contributed by atoms with E-state index in [0.717, 1.165) is 22.3 Å². The summed E-state index contributed by atoms with van der Waals surface area (Å²) in [6, 6.07) is 14.8. The molecule has 3 rings (SSSR count). The highest BCUT2D eigenvalue weighted by Gasteiger charge is 2.35. The minimum atomic E-state index is -0.966. The SMILES string of the molecule is NC(C(=O)O)C1c2ccccc2-c2ccccc21. The quantitative estimate of drug-likeness (QED) is 0.844. The second-order valence-corrected chi connectivity index (χ2v) is 4.52. The molecule has 1 aliphatic rings. The van der Waals surface area contributed by atoms with E-state index in [1.54, 1.807) is 0 Å². The van der Waals surface area contributed by atoms with Crippen LogP contribution < -0.4 is 5.73 Å². The van der Waals surface area contributed by atoms with Crippen molar-refractivity contribution in [1.29, 1.82) is 0 Å². The molecule has 0 aromatic heterocycles. The first-order valence-corrected chi connectivity index (χ1v) is 5.87. The molecular weight excluding hydrogens is 226 g/mol. The number of carbonyl (C=O) groups is 1. The highest BCUT2D eigenvalue weighted by Crippen LogP contribution is 2.45. The van der Waals surface area contributed by atoms with E-state index in [1.807, 2.05) is 48.5 Å². The van der Waals surface area contributed by atoms with Crippen molar-refractivity contribution in [2.24, 2.45) is 5.73 Å². The Morgan fingerprint density at radius 1 is 1.00 bits per heavy atom. The third kappa shape index (κ3) is 1.45. The fourth-order valence-corrected chi connectivity index (χ4v) is 2.72. The van der Waals surface area contributed by atoms with Crippen molar-refractivity contribution in [3.63, 3.8) is 0 Å². The number of carboxylic acid groups (broad SMARTS) is 1. The van der Waals surface area contributed by atoms with E-state index in [9.17, 15) is 4.79 Å². The summed E-state index contributed by atoms with van der Waals surface area (Å²) in [5.74, 6) is -1.22. The molecule has 1 atom stereocenters. The molecule has 0 aliphatic heterocycles. The lowest BCUT2D eigenvalue weighted by atomic mass is 9.90. The van der Waals surface area contributed by atoms with E-state index in [1.165, 1.54) is 0 Å². The van der Waals surface area contributed by atoms with Gasteiger partial charge in [0.1, 0.15) is 6.04 Å². The van der Waals surface area contributed by atoms with Crippen LogP contribution in [0.4, 0.5) is 0 Å². The molecule has 0 saturated carbocycles. The van der Waals surface area contributed by atoms with Crippen LogP contribution in [0.2, 0.25) is 0 Å². The lowest BCUT2D eigenvalue weighted by Crippen LogP contribution is -2.36. The van der Waals surface area contributed by atoms with Crippen molar-refractivity contribution < 1.29 is 9.90 Å². The van der Waals surface area contributed by atoms with Gasteiger partial charge in [0.25, 0.3) is 0 Å². The number of nitrogens with two attached hydrogens (primary N) is 1. The number of fused-ring (bicyclic) bond motifs is 3. The minimum Gasteiger partial charge on any atom is -0.480 e. The molecule has 0 fully saturated rings. The predicted molar refractivity (Wildman–Crippen MR) is 69.3 cm³/mol. The Kier molecular flexibility index (Phi) is 2.42. The van der Waals surface area contributed by atoms with Gasteiger partial charge in [0.05, 0.1) is 0 Å². The van der Waals surface area contributed by atoms with Gasteiger partial charge in [-0.05, 0) is 22.3 Å². The standard InChI is InChI=1S/C15H13NO2/c16-14(15(17)18)13-11-7-3-1-5-9(11)10-6-2-4-8-12(10)13/h1-8,13-14H,16H2,(H,17,18). The topological polar surface area (TPSA) is 63.3 Å². The lowest BCUT2D eigenvalue weighted by molar-refractivity contribution is -0.138. The van der Waals surface area contributed by atoms with Gasteiger partial charge in [-0.3, -0.25) is 4.79 Å². The summed E-state index contributed by atoms with van der Waals surface area (Å²) >= 11 is 0. The average Bonchev–Trinajstić information content (AvgIpc) is 2.72. The van der Waals surface area contributed by atoms with Crippen molar-refractivity contribution in [2.75, 3.05) is 0 Å². The highest BCUT2D eigenvalue weighted by atomic mass is 16.4. The number of hydrogen-bond acceptors (Lipinski definition) is 2. The van der Waals surface area contributed by atoms with Crippen LogP contribution in [0.3, 0.4) is 0 Å². The number of hydrogen-bond donors (Lipinski definition) is 2. The summed E-state index contributed by atoms with van der Waals surface area (Å²) in [6.45, 7) is 0. The Labute approximate surface area is 105 Å². The van der Waals surface area contributed by atoms with Gasteiger partial charge in [0.2, 0.25) is 0 Å². The third-order valence-corrected chi connectivity index (χ3v) is 3.53. The van der Waals surface area contributed by atoms with Gasteiger partial charge in [0, 0.05) is 5.92 Å². The molecule has 3 nitrogen and oxygen atoms in total. The Morgan fingerprint density at radius 3 is 1.89 bits per heavy atom. The molecule has 18 heavy (non-hydrogen) atoms. The largest absolute Gasteiger partial charge is 0.480 e. The molecule has 1 aliphatic carbocycles. The van der Waals surface area contributed by atoms with Crippen LogP contribution in [-0.2, 0) is 4.79 Å². The first kappa shape index (κ1) is 11.0. The summed E-state index contributed by atoms with van der Waals surface area (Å²) in [6.07, 6.45) is 0. The van der Waals surface area contributed by atoms with Crippen LogP contribution in [0.25, 0.3) is 11.1 Å². The fourth-order valence-electron chi connectivity index (χ4n) is 2.72. The van der Waals surface area contributed by atoms with E-state index < -0.39 is 12.0 Å². The van der Waals surface area contributed by atoms with Gasteiger partial charge in [-0.2, -0.15) is 0 Å². The Hall–Kier alpha value is -2.13. The molecule has 3 N–H and O–H groups in total. The maximum atomic E-state index is 11.2. The van der Waals surface area contributed by atoms with Gasteiger partial charge >= 0.3 is 5.97 Å². The van der Waals surface area contributed by atoms with Crippen LogP contribution in [0.1, 0.15) is 17.0 Å². The van der Waals surface area contributed by atoms with Crippen molar-refractivity contribution in [3.8, 4) is 11.1 Å². The smallest absolute Gasteiger partial charge is 0.321 e. The van der Waals surface area contributed by atoms with Crippen LogP contribution >= 0.6 is 0 Å². The minimum absolute atomic E-state index is 0.255. The van der Waals surface area contributed by atoms with Crippen molar-refractivity contribution in [1.82, 2.24) is 0 Å². The lowest BCUT2D eigenvalue weighted by Gasteiger charge is -2.17. The van der Waals surface area contributed by atoms with Gasteiger partial charge in [0.15, 0.2) is 0 Å². The summed E-state index contributed by atoms with van der Waals surface area (Å²) in [5.41, 5.74) is 10.1.